The molecule has 1 saturated carbocycles. The van der Waals surface area contributed by atoms with Crippen molar-refractivity contribution in [3.63, 3.8) is 0 Å². The van der Waals surface area contributed by atoms with E-state index in [-0.39, 0.29) is 5.54 Å². The normalized spacial score (nSPS) is 30.5. The van der Waals surface area contributed by atoms with E-state index in [2.05, 4.69) is 37.2 Å². The Labute approximate surface area is 104 Å². The molecule has 1 aliphatic rings. The highest BCUT2D eigenvalue weighted by atomic mass is 15.1. The molecule has 0 spiro atoms. The molecular weight excluding hydrogens is 210 g/mol. The first-order chi connectivity index (χ1) is 7.88. The Morgan fingerprint density at radius 2 is 1.82 bits per heavy atom. The molecule has 2 unspecified atom stereocenters. The maximum atomic E-state index is 6.22. The van der Waals surface area contributed by atoms with Gasteiger partial charge in [-0.1, -0.05) is 13.8 Å². The lowest BCUT2D eigenvalue weighted by Gasteiger charge is -2.34. The molecule has 1 aromatic rings. The van der Waals surface area contributed by atoms with Crippen LogP contribution in [0.4, 0.5) is 0 Å². The first-order valence-corrected chi connectivity index (χ1v) is 6.69. The molecule has 96 valence electrons. The van der Waals surface area contributed by atoms with E-state index in [4.69, 9.17) is 5.73 Å². The van der Waals surface area contributed by atoms with Gasteiger partial charge in [0.2, 0.25) is 0 Å². The molecule has 3 nitrogen and oxygen atoms in total. The average Bonchev–Trinajstić information content (AvgIpc) is 2.63. The number of hydrogen-bond donors (Lipinski definition) is 1. The zero-order chi connectivity index (χ0) is 12.6. The molecule has 1 aromatic heterocycles. The third kappa shape index (κ3) is 2.71. The molecule has 1 fully saturated rings. The number of hydrogen-bond acceptors (Lipinski definition) is 2. The molecule has 2 N–H and O–H groups in total. The highest BCUT2D eigenvalue weighted by Crippen LogP contribution is 2.37. The number of rotatable bonds is 2. The van der Waals surface area contributed by atoms with Crippen LogP contribution >= 0.6 is 0 Å². The van der Waals surface area contributed by atoms with Crippen LogP contribution in [-0.4, -0.2) is 9.55 Å². The average molecular weight is 235 g/mol. The fourth-order valence-electron chi connectivity index (χ4n) is 3.23. The van der Waals surface area contributed by atoms with Crippen molar-refractivity contribution >= 4 is 0 Å². The second-order valence-electron chi connectivity index (χ2n) is 6.48. The van der Waals surface area contributed by atoms with Crippen LogP contribution in [-0.2, 0) is 5.54 Å². The summed E-state index contributed by atoms with van der Waals surface area (Å²) in [6.07, 6.45) is 7.74. The molecule has 0 aromatic carbocycles. The minimum absolute atomic E-state index is 0.305. The number of imidazole rings is 1. The van der Waals surface area contributed by atoms with Gasteiger partial charge in [0.1, 0.15) is 0 Å². The zero-order valence-electron chi connectivity index (χ0n) is 11.5. The summed E-state index contributed by atoms with van der Waals surface area (Å²) in [6, 6.07) is 0.578. The van der Waals surface area contributed by atoms with E-state index < -0.39 is 0 Å². The van der Waals surface area contributed by atoms with Crippen LogP contribution in [0.1, 0.15) is 58.7 Å². The van der Waals surface area contributed by atoms with Gasteiger partial charge in [-0.05, 0) is 44.9 Å². The number of aromatic nitrogens is 2. The molecule has 1 heterocycles. The maximum absolute atomic E-state index is 6.22. The Kier molecular flexibility index (Phi) is 3.30. The Bertz CT molecular complexity index is 365. The van der Waals surface area contributed by atoms with E-state index in [1.165, 1.54) is 19.3 Å². The van der Waals surface area contributed by atoms with Crippen molar-refractivity contribution in [3.05, 3.63) is 18.2 Å². The predicted molar refractivity (Wildman–Crippen MR) is 70.7 cm³/mol. The largest absolute Gasteiger partial charge is 0.330 e. The van der Waals surface area contributed by atoms with Crippen LogP contribution in [0.25, 0.3) is 0 Å². The first kappa shape index (κ1) is 12.6. The molecule has 0 aliphatic heterocycles. The molecule has 2 rings (SSSR count). The van der Waals surface area contributed by atoms with Crippen molar-refractivity contribution in [1.82, 2.24) is 9.55 Å². The van der Waals surface area contributed by atoms with Crippen molar-refractivity contribution in [2.45, 2.75) is 58.5 Å². The molecule has 0 bridgehead atoms. The zero-order valence-corrected chi connectivity index (χ0v) is 11.5. The van der Waals surface area contributed by atoms with E-state index in [0.717, 1.165) is 17.5 Å². The summed E-state index contributed by atoms with van der Waals surface area (Å²) in [5, 5.41) is 0. The van der Waals surface area contributed by atoms with Crippen molar-refractivity contribution in [1.29, 1.82) is 0 Å². The fraction of sp³-hybridized carbons (Fsp3) is 0.786. The third-order valence-corrected chi connectivity index (χ3v) is 3.87. The highest BCUT2D eigenvalue weighted by Gasteiger charge is 2.29. The lowest BCUT2D eigenvalue weighted by Crippen LogP contribution is -2.34. The van der Waals surface area contributed by atoms with Crippen LogP contribution < -0.4 is 5.73 Å². The van der Waals surface area contributed by atoms with E-state index in [1.54, 1.807) is 0 Å². The molecule has 1 aliphatic carbocycles. The van der Waals surface area contributed by atoms with E-state index in [1.807, 2.05) is 12.5 Å². The summed E-state index contributed by atoms with van der Waals surface area (Å²) in [7, 11) is 0. The monoisotopic (exact) mass is 235 g/mol. The van der Waals surface area contributed by atoms with Crippen LogP contribution in [0.2, 0.25) is 0 Å². The lowest BCUT2D eigenvalue weighted by atomic mass is 9.80. The first-order valence-electron chi connectivity index (χ1n) is 6.69. The van der Waals surface area contributed by atoms with Gasteiger partial charge in [0.25, 0.3) is 0 Å². The predicted octanol–water partition coefficient (Wildman–Crippen LogP) is 3.07. The Morgan fingerprint density at radius 3 is 2.35 bits per heavy atom. The maximum Gasteiger partial charge on any atom is 0.0951 e. The second kappa shape index (κ2) is 4.45. The van der Waals surface area contributed by atoms with Crippen molar-refractivity contribution < 1.29 is 0 Å². The van der Waals surface area contributed by atoms with E-state index in [0.29, 0.717) is 6.04 Å². The molecule has 3 heteroatoms. The van der Waals surface area contributed by atoms with Gasteiger partial charge in [-0.3, -0.25) is 0 Å². The molecule has 0 radical (unpaired) electrons. The third-order valence-electron chi connectivity index (χ3n) is 3.87. The molecular formula is C14H25N3. The Hall–Kier alpha value is -0.830. The lowest BCUT2D eigenvalue weighted by molar-refractivity contribution is 0.214. The van der Waals surface area contributed by atoms with Crippen LogP contribution in [0, 0.1) is 11.8 Å². The molecule has 0 amide bonds. The van der Waals surface area contributed by atoms with Gasteiger partial charge in [0.05, 0.1) is 17.6 Å². The van der Waals surface area contributed by atoms with Gasteiger partial charge in [-0.25, -0.2) is 4.98 Å². The van der Waals surface area contributed by atoms with E-state index >= 15 is 0 Å². The summed E-state index contributed by atoms with van der Waals surface area (Å²) in [4.78, 5) is 4.30. The van der Waals surface area contributed by atoms with Crippen molar-refractivity contribution in [2.75, 3.05) is 0 Å². The highest BCUT2D eigenvalue weighted by molar-refractivity contribution is 5.11. The SMILES string of the molecule is CC1CC(C)CC(n2cncc2C(C)(C)N)C1. The topological polar surface area (TPSA) is 43.8 Å². The van der Waals surface area contributed by atoms with Crippen molar-refractivity contribution in [3.8, 4) is 0 Å². The summed E-state index contributed by atoms with van der Waals surface area (Å²) < 4.78 is 2.31. The van der Waals surface area contributed by atoms with Crippen LogP contribution in [0.3, 0.4) is 0 Å². The summed E-state index contributed by atoms with van der Waals surface area (Å²) in [6.45, 7) is 8.81. The smallest absolute Gasteiger partial charge is 0.0951 e. The summed E-state index contributed by atoms with van der Waals surface area (Å²) in [5.41, 5.74) is 7.07. The van der Waals surface area contributed by atoms with Crippen LogP contribution in [0.5, 0.6) is 0 Å². The van der Waals surface area contributed by atoms with Gasteiger partial charge < -0.3 is 10.3 Å². The standard InChI is InChI=1S/C14H25N3/c1-10-5-11(2)7-12(6-10)17-9-16-8-13(17)14(3,4)15/h8-12H,5-7,15H2,1-4H3. The summed E-state index contributed by atoms with van der Waals surface area (Å²) >= 11 is 0. The van der Waals surface area contributed by atoms with Gasteiger partial charge in [0, 0.05) is 12.2 Å². The Balaban J connectivity index is 2.25. The number of nitrogens with two attached hydrogens (primary N) is 1. The van der Waals surface area contributed by atoms with Gasteiger partial charge in [-0.2, -0.15) is 0 Å². The van der Waals surface area contributed by atoms with Gasteiger partial charge in [0.15, 0.2) is 0 Å². The fourth-order valence-corrected chi connectivity index (χ4v) is 3.23. The minimum Gasteiger partial charge on any atom is -0.330 e. The van der Waals surface area contributed by atoms with Crippen LogP contribution in [0.15, 0.2) is 12.5 Å². The van der Waals surface area contributed by atoms with Crippen molar-refractivity contribution in [2.24, 2.45) is 17.6 Å². The van der Waals surface area contributed by atoms with Gasteiger partial charge in [-0.15, -0.1) is 0 Å². The van der Waals surface area contributed by atoms with Gasteiger partial charge >= 0.3 is 0 Å². The Morgan fingerprint density at radius 1 is 1.24 bits per heavy atom. The number of nitrogens with zero attached hydrogens (tertiary/aromatic N) is 2. The van der Waals surface area contributed by atoms with E-state index in [9.17, 15) is 0 Å². The minimum atomic E-state index is -0.305. The molecule has 17 heavy (non-hydrogen) atoms. The molecule has 2 atom stereocenters. The second-order valence-corrected chi connectivity index (χ2v) is 6.48. The quantitative estimate of drug-likeness (QED) is 0.856. The summed E-state index contributed by atoms with van der Waals surface area (Å²) in [5.74, 6) is 1.61. The molecule has 0 saturated heterocycles.